The fourth-order valence-corrected chi connectivity index (χ4v) is 1.53. The fourth-order valence-electron chi connectivity index (χ4n) is 1.53. The largest absolute Gasteiger partial charge is 0.502 e. The van der Waals surface area contributed by atoms with Crippen molar-refractivity contribution in [2.75, 3.05) is 19.6 Å². The van der Waals surface area contributed by atoms with Crippen LogP contribution in [0.5, 0.6) is 17.2 Å². The van der Waals surface area contributed by atoms with Gasteiger partial charge in [0.2, 0.25) is 5.75 Å². The van der Waals surface area contributed by atoms with Crippen molar-refractivity contribution in [3.05, 3.63) is 34.4 Å². The first-order valence-corrected chi connectivity index (χ1v) is 5.80. The Bertz CT molecular complexity index is 688. The summed E-state index contributed by atoms with van der Waals surface area (Å²) < 4.78 is 10.1. The van der Waals surface area contributed by atoms with E-state index in [2.05, 4.69) is 25.7 Å². The van der Waals surface area contributed by atoms with E-state index < -0.39 is 5.69 Å². The number of aromatic hydroxyl groups is 1. The number of rotatable bonds is 5. The molecular weight excluding hydrogens is 278 g/mol. The van der Waals surface area contributed by atoms with Crippen LogP contribution in [-0.2, 0) is 0 Å². The average molecular weight is 291 g/mol. The quantitative estimate of drug-likeness (QED) is 0.536. The van der Waals surface area contributed by atoms with Gasteiger partial charge in [-0.1, -0.05) is 0 Å². The Labute approximate surface area is 119 Å². The second-order valence-corrected chi connectivity index (χ2v) is 3.82. The number of anilines is 1. The standard InChI is InChI=1S/C12H13N5O4/c1-20-8-3-7(4-9(21-2)11(8)18)5-13-16-10-6-14-17-12(19)15-10/h3-6,18H,1-2H3,(H2,15,16,17,19)/b13-5-. The summed E-state index contributed by atoms with van der Waals surface area (Å²) in [6, 6.07) is 3.15. The van der Waals surface area contributed by atoms with Crippen molar-refractivity contribution in [2.24, 2.45) is 5.10 Å². The number of ether oxygens (including phenoxy) is 2. The van der Waals surface area contributed by atoms with Crippen LogP contribution in [0.4, 0.5) is 5.82 Å². The second kappa shape index (κ2) is 6.37. The minimum atomic E-state index is -0.580. The van der Waals surface area contributed by atoms with Gasteiger partial charge in [-0.3, -0.25) is 5.43 Å². The van der Waals surface area contributed by atoms with Gasteiger partial charge in [-0.15, -0.1) is 0 Å². The molecule has 2 rings (SSSR count). The van der Waals surface area contributed by atoms with Gasteiger partial charge in [0.1, 0.15) is 0 Å². The van der Waals surface area contributed by atoms with Crippen LogP contribution in [0.15, 0.2) is 28.2 Å². The summed E-state index contributed by atoms with van der Waals surface area (Å²) in [5, 5.41) is 19.4. The van der Waals surface area contributed by atoms with Crippen molar-refractivity contribution < 1.29 is 14.6 Å². The lowest BCUT2D eigenvalue weighted by molar-refractivity contribution is 0.340. The third kappa shape index (κ3) is 3.47. The maximum atomic E-state index is 10.9. The van der Waals surface area contributed by atoms with Crippen molar-refractivity contribution in [1.29, 1.82) is 0 Å². The summed E-state index contributed by atoms with van der Waals surface area (Å²) >= 11 is 0. The molecule has 0 radical (unpaired) electrons. The number of phenols is 1. The normalized spacial score (nSPS) is 10.6. The molecule has 110 valence electrons. The van der Waals surface area contributed by atoms with E-state index in [0.717, 1.165) is 0 Å². The highest BCUT2D eigenvalue weighted by Gasteiger charge is 2.10. The van der Waals surface area contributed by atoms with Crippen LogP contribution in [-0.4, -0.2) is 40.7 Å². The molecule has 0 amide bonds. The van der Waals surface area contributed by atoms with E-state index in [1.54, 1.807) is 12.1 Å². The predicted octanol–water partition coefficient (Wildman–Crippen LogP) is 0.334. The third-order valence-corrected chi connectivity index (χ3v) is 2.46. The lowest BCUT2D eigenvalue weighted by Crippen LogP contribution is -2.13. The van der Waals surface area contributed by atoms with Gasteiger partial charge in [0.15, 0.2) is 17.3 Å². The SMILES string of the molecule is COc1cc(/C=N\Nc2cn[nH]c(=O)n2)cc(OC)c1O. The van der Waals surface area contributed by atoms with Gasteiger partial charge in [-0.2, -0.15) is 15.2 Å². The highest BCUT2D eigenvalue weighted by atomic mass is 16.5. The van der Waals surface area contributed by atoms with Crippen molar-refractivity contribution in [3.63, 3.8) is 0 Å². The fraction of sp³-hybridized carbons (Fsp3) is 0.167. The highest BCUT2D eigenvalue weighted by Crippen LogP contribution is 2.36. The van der Waals surface area contributed by atoms with Crippen LogP contribution in [0.3, 0.4) is 0 Å². The number of nitrogens with one attached hydrogen (secondary N) is 2. The summed E-state index contributed by atoms with van der Waals surface area (Å²) in [6.07, 6.45) is 2.77. The Morgan fingerprint density at radius 3 is 2.57 bits per heavy atom. The summed E-state index contributed by atoms with van der Waals surface area (Å²) in [4.78, 5) is 14.5. The number of hydrogen-bond donors (Lipinski definition) is 3. The number of methoxy groups -OCH3 is 2. The molecule has 0 saturated heterocycles. The zero-order valence-electron chi connectivity index (χ0n) is 11.3. The molecule has 9 nitrogen and oxygen atoms in total. The number of phenolic OH excluding ortho intramolecular Hbond substituents is 1. The summed E-state index contributed by atoms with van der Waals surface area (Å²) in [7, 11) is 2.86. The van der Waals surface area contributed by atoms with Crippen molar-refractivity contribution >= 4 is 12.0 Å². The molecule has 21 heavy (non-hydrogen) atoms. The molecule has 1 aromatic heterocycles. The number of benzene rings is 1. The van der Waals surface area contributed by atoms with Crippen molar-refractivity contribution in [3.8, 4) is 17.2 Å². The molecular formula is C12H13N5O4. The van der Waals surface area contributed by atoms with Gasteiger partial charge in [0, 0.05) is 5.56 Å². The highest BCUT2D eigenvalue weighted by molar-refractivity contribution is 5.82. The van der Waals surface area contributed by atoms with E-state index in [9.17, 15) is 9.90 Å². The van der Waals surface area contributed by atoms with E-state index in [0.29, 0.717) is 5.56 Å². The summed E-state index contributed by atoms with van der Waals surface area (Å²) in [5.74, 6) is 0.622. The number of aromatic nitrogens is 3. The van der Waals surface area contributed by atoms with Crippen LogP contribution in [0.1, 0.15) is 5.56 Å². The Morgan fingerprint density at radius 2 is 2.00 bits per heavy atom. The summed E-state index contributed by atoms with van der Waals surface area (Å²) in [6.45, 7) is 0. The predicted molar refractivity (Wildman–Crippen MR) is 75.1 cm³/mol. The third-order valence-electron chi connectivity index (χ3n) is 2.46. The molecule has 0 bridgehead atoms. The average Bonchev–Trinajstić information content (AvgIpc) is 2.48. The zero-order valence-corrected chi connectivity index (χ0v) is 11.3. The van der Waals surface area contributed by atoms with Crippen LogP contribution in [0.25, 0.3) is 0 Å². The number of nitrogens with zero attached hydrogens (tertiary/aromatic N) is 3. The molecule has 3 N–H and O–H groups in total. The molecule has 0 atom stereocenters. The van der Waals surface area contributed by atoms with Gasteiger partial charge in [0.05, 0.1) is 26.6 Å². The van der Waals surface area contributed by atoms with Crippen molar-refractivity contribution in [2.45, 2.75) is 0 Å². The Kier molecular flexibility index (Phi) is 4.34. The Morgan fingerprint density at radius 1 is 1.33 bits per heavy atom. The Balaban J connectivity index is 2.19. The van der Waals surface area contributed by atoms with E-state index in [4.69, 9.17) is 9.47 Å². The van der Waals surface area contributed by atoms with Gasteiger partial charge < -0.3 is 14.6 Å². The van der Waals surface area contributed by atoms with Gasteiger partial charge in [-0.25, -0.2) is 9.89 Å². The van der Waals surface area contributed by atoms with Gasteiger partial charge >= 0.3 is 5.69 Å². The van der Waals surface area contributed by atoms with E-state index in [-0.39, 0.29) is 23.1 Å². The second-order valence-electron chi connectivity index (χ2n) is 3.82. The minimum Gasteiger partial charge on any atom is -0.502 e. The van der Waals surface area contributed by atoms with E-state index in [1.165, 1.54) is 26.6 Å². The van der Waals surface area contributed by atoms with Crippen LogP contribution >= 0.6 is 0 Å². The molecule has 0 unspecified atom stereocenters. The number of hydrogen-bond acceptors (Lipinski definition) is 8. The Hall–Kier alpha value is -3.10. The molecule has 1 heterocycles. The molecule has 0 fully saturated rings. The lowest BCUT2D eigenvalue weighted by Gasteiger charge is -2.09. The maximum Gasteiger partial charge on any atom is 0.363 e. The monoisotopic (exact) mass is 291 g/mol. The molecule has 9 heteroatoms. The molecule has 0 spiro atoms. The van der Waals surface area contributed by atoms with Crippen LogP contribution in [0.2, 0.25) is 0 Å². The van der Waals surface area contributed by atoms with Crippen LogP contribution in [0, 0.1) is 0 Å². The zero-order chi connectivity index (χ0) is 15.2. The van der Waals surface area contributed by atoms with Crippen molar-refractivity contribution in [1.82, 2.24) is 15.2 Å². The first-order valence-electron chi connectivity index (χ1n) is 5.80. The molecule has 0 aliphatic rings. The first kappa shape index (κ1) is 14.3. The number of aromatic amines is 1. The van der Waals surface area contributed by atoms with E-state index >= 15 is 0 Å². The first-order chi connectivity index (χ1) is 10.1. The molecule has 0 aliphatic carbocycles. The lowest BCUT2D eigenvalue weighted by atomic mass is 10.2. The van der Waals surface area contributed by atoms with Crippen LogP contribution < -0.4 is 20.6 Å². The minimum absolute atomic E-state index is 0.0921. The summed E-state index contributed by atoms with van der Waals surface area (Å²) in [5.41, 5.74) is 2.59. The maximum absolute atomic E-state index is 10.9. The molecule has 1 aromatic carbocycles. The number of H-pyrrole nitrogens is 1. The molecule has 0 aliphatic heterocycles. The topological polar surface area (TPSA) is 122 Å². The smallest absolute Gasteiger partial charge is 0.363 e. The number of hydrazone groups is 1. The molecule has 2 aromatic rings. The van der Waals surface area contributed by atoms with Gasteiger partial charge in [0.25, 0.3) is 0 Å². The van der Waals surface area contributed by atoms with Gasteiger partial charge in [-0.05, 0) is 12.1 Å². The molecule has 0 saturated carbocycles. The van der Waals surface area contributed by atoms with E-state index in [1.807, 2.05) is 0 Å².